The van der Waals surface area contributed by atoms with E-state index in [-0.39, 0.29) is 11.7 Å². The second-order valence-electron chi connectivity index (χ2n) is 9.56. The number of piperazine rings is 1. The fraction of sp³-hybridized carbons (Fsp3) is 0.296. The van der Waals surface area contributed by atoms with E-state index in [1.807, 2.05) is 55.5 Å². The van der Waals surface area contributed by atoms with E-state index < -0.39 is 0 Å². The van der Waals surface area contributed by atoms with E-state index in [9.17, 15) is 4.39 Å². The van der Waals surface area contributed by atoms with Gasteiger partial charge < -0.3 is 9.80 Å². The van der Waals surface area contributed by atoms with E-state index in [0.717, 1.165) is 71.3 Å². The molecule has 0 radical (unpaired) electrons. The van der Waals surface area contributed by atoms with Crippen LogP contribution in [0.2, 0.25) is 0 Å². The Morgan fingerprint density at radius 1 is 0.865 bits per heavy atom. The van der Waals surface area contributed by atoms with Crippen molar-refractivity contribution in [2.45, 2.75) is 19.8 Å². The number of halogens is 1. The molecule has 0 spiro atoms. The third-order valence-electron chi connectivity index (χ3n) is 7.14. The van der Waals surface area contributed by atoms with Gasteiger partial charge in [-0.25, -0.2) is 23.9 Å². The lowest BCUT2D eigenvalue weighted by atomic mass is 9.92. The molecule has 0 unspecified atom stereocenters. The van der Waals surface area contributed by atoms with Gasteiger partial charge in [-0.3, -0.25) is 4.68 Å². The van der Waals surface area contributed by atoms with Crippen molar-refractivity contribution in [3.05, 3.63) is 84.1 Å². The fourth-order valence-electron chi connectivity index (χ4n) is 5.03. The molecule has 6 rings (SSSR count). The summed E-state index contributed by atoms with van der Waals surface area (Å²) in [6.45, 7) is 7.22. The molecular formula is C27H28FN9. The van der Waals surface area contributed by atoms with Crippen molar-refractivity contribution in [3.63, 3.8) is 0 Å². The molecule has 1 aliphatic rings. The van der Waals surface area contributed by atoms with Crippen LogP contribution in [0, 0.1) is 12.7 Å². The molecule has 1 atom stereocenters. The highest BCUT2D eigenvalue weighted by molar-refractivity contribution is 5.77. The van der Waals surface area contributed by atoms with Crippen molar-refractivity contribution < 1.29 is 4.39 Å². The summed E-state index contributed by atoms with van der Waals surface area (Å²) in [6, 6.07) is 7.04. The van der Waals surface area contributed by atoms with Crippen LogP contribution in [0.15, 0.2) is 61.6 Å². The summed E-state index contributed by atoms with van der Waals surface area (Å²) in [7, 11) is 1.91. The third kappa shape index (κ3) is 4.39. The van der Waals surface area contributed by atoms with Gasteiger partial charge in [0.2, 0.25) is 5.95 Å². The molecule has 9 nitrogen and oxygen atoms in total. The van der Waals surface area contributed by atoms with Gasteiger partial charge in [-0.1, -0.05) is 13.0 Å². The van der Waals surface area contributed by atoms with Gasteiger partial charge in [0.05, 0.1) is 6.20 Å². The second kappa shape index (κ2) is 9.27. The molecule has 0 amide bonds. The smallest absolute Gasteiger partial charge is 0.225 e. The summed E-state index contributed by atoms with van der Waals surface area (Å²) >= 11 is 0. The lowest BCUT2D eigenvalue weighted by molar-refractivity contribution is 0.625. The maximum Gasteiger partial charge on any atom is 0.225 e. The minimum absolute atomic E-state index is 0.0882. The Balaban J connectivity index is 1.15. The Bertz CT molecular complexity index is 1550. The zero-order chi connectivity index (χ0) is 25.5. The Morgan fingerprint density at radius 2 is 1.62 bits per heavy atom. The van der Waals surface area contributed by atoms with Crippen molar-refractivity contribution in [3.8, 4) is 11.1 Å². The number of hydrogen-bond acceptors (Lipinski definition) is 7. The summed E-state index contributed by atoms with van der Waals surface area (Å²) in [5.74, 6) is 1.52. The van der Waals surface area contributed by atoms with Crippen LogP contribution in [0.25, 0.3) is 16.6 Å². The highest BCUT2D eigenvalue weighted by Gasteiger charge is 2.23. The monoisotopic (exact) mass is 497 g/mol. The number of rotatable bonds is 5. The number of hydrogen-bond donors (Lipinski definition) is 0. The van der Waals surface area contributed by atoms with Crippen LogP contribution in [0.3, 0.4) is 0 Å². The molecule has 5 heterocycles. The van der Waals surface area contributed by atoms with Crippen LogP contribution in [-0.4, -0.2) is 60.5 Å². The first-order valence-electron chi connectivity index (χ1n) is 12.4. The van der Waals surface area contributed by atoms with Crippen LogP contribution in [0.1, 0.15) is 29.5 Å². The maximum absolute atomic E-state index is 13.5. The normalized spacial score (nSPS) is 14.9. The zero-order valence-corrected chi connectivity index (χ0v) is 21.1. The van der Waals surface area contributed by atoms with Crippen molar-refractivity contribution in [1.29, 1.82) is 0 Å². The number of nitrogens with zero attached hydrogens (tertiary/aromatic N) is 9. The highest BCUT2D eigenvalue weighted by Crippen LogP contribution is 2.29. The van der Waals surface area contributed by atoms with Gasteiger partial charge in [0.1, 0.15) is 17.7 Å². The molecule has 4 aromatic heterocycles. The summed E-state index contributed by atoms with van der Waals surface area (Å²) < 4.78 is 17.2. The lowest BCUT2D eigenvalue weighted by Gasteiger charge is -2.35. The Labute approximate surface area is 214 Å². The number of anilines is 2. The first-order valence-corrected chi connectivity index (χ1v) is 12.4. The van der Waals surface area contributed by atoms with E-state index >= 15 is 0 Å². The molecule has 1 aliphatic heterocycles. The van der Waals surface area contributed by atoms with E-state index in [1.165, 1.54) is 6.07 Å². The quantitative estimate of drug-likeness (QED) is 0.365. The van der Waals surface area contributed by atoms with Crippen LogP contribution < -0.4 is 9.80 Å². The fourth-order valence-corrected chi connectivity index (χ4v) is 5.03. The van der Waals surface area contributed by atoms with Crippen LogP contribution in [0.5, 0.6) is 0 Å². The van der Waals surface area contributed by atoms with E-state index in [2.05, 4.69) is 47.9 Å². The first-order chi connectivity index (χ1) is 18.0. The van der Waals surface area contributed by atoms with Crippen LogP contribution in [0.4, 0.5) is 16.2 Å². The SMILES string of the molecule is Cc1cc(F)ccc1[C@@H](C)c1cnc(N2CCN(c3ncnn4cc(-c5cnn(C)c5)cc34)CC2)nc1. The predicted octanol–water partition coefficient (Wildman–Crippen LogP) is 3.85. The van der Waals surface area contributed by atoms with Crippen molar-refractivity contribution >= 4 is 17.3 Å². The van der Waals surface area contributed by atoms with Crippen molar-refractivity contribution in [2.75, 3.05) is 36.0 Å². The number of benzene rings is 1. The molecule has 0 aliphatic carbocycles. The summed E-state index contributed by atoms with van der Waals surface area (Å²) in [4.78, 5) is 18.4. The van der Waals surface area contributed by atoms with E-state index in [1.54, 1.807) is 17.1 Å². The molecule has 188 valence electrons. The molecule has 10 heteroatoms. The molecule has 0 saturated carbocycles. The third-order valence-corrected chi connectivity index (χ3v) is 7.14. The topological polar surface area (TPSA) is 80.3 Å². The molecule has 0 N–H and O–H groups in total. The first kappa shape index (κ1) is 23.1. The van der Waals surface area contributed by atoms with Gasteiger partial charge in [0.15, 0.2) is 5.82 Å². The standard InChI is InChI=1S/C27H28FN9/c1-18-10-23(28)4-5-24(18)19(2)21-12-29-27(30-13-21)36-8-6-35(7-9-36)26-25-11-20(16-37(25)33-17-31-26)22-14-32-34(3)15-22/h4-5,10-17,19H,6-9H2,1-3H3/t19-/m0/s1. The average molecular weight is 498 g/mol. The van der Waals surface area contributed by atoms with Gasteiger partial charge in [-0.15, -0.1) is 0 Å². The zero-order valence-electron chi connectivity index (χ0n) is 21.1. The van der Waals surface area contributed by atoms with Gasteiger partial charge in [-0.2, -0.15) is 10.2 Å². The summed E-state index contributed by atoms with van der Waals surface area (Å²) in [5.41, 5.74) is 6.11. The maximum atomic E-state index is 13.5. The minimum atomic E-state index is -0.215. The molecule has 0 bridgehead atoms. The largest absolute Gasteiger partial charge is 0.351 e. The number of aryl methyl sites for hydroxylation is 2. The molecule has 37 heavy (non-hydrogen) atoms. The number of fused-ring (bicyclic) bond motifs is 1. The second-order valence-corrected chi connectivity index (χ2v) is 9.56. The Morgan fingerprint density at radius 3 is 2.32 bits per heavy atom. The van der Waals surface area contributed by atoms with Gasteiger partial charge in [0.25, 0.3) is 0 Å². The minimum Gasteiger partial charge on any atom is -0.351 e. The summed E-state index contributed by atoms with van der Waals surface area (Å²) in [6.07, 6.45) is 11.2. The Kier molecular flexibility index (Phi) is 5.78. The summed E-state index contributed by atoms with van der Waals surface area (Å²) in [5, 5.41) is 8.69. The van der Waals surface area contributed by atoms with Crippen LogP contribution in [-0.2, 0) is 7.05 Å². The molecule has 5 aromatic rings. The van der Waals surface area contributed by atoms with E-state index in [4.69, 9.17) is 0 Å². The van der Waals surface area contributed by atoms with Crippen molar-refractivity contribution in [2.24, 2.45) is 7.05 Å². The highest BCUT2D eigenvalue weighted by atomic mass is 19.1. The molecule has 1 fully saturated rings. The van der Waals surface area contributed by atoms with Gasteiger partial charge in [0, 0.05) is 75.1 Å². The van der Waals surface area contributed by atoms with Gasteiger partial charge >= 0.3 is 0 Å². The lowest BCUT2D eigenvalue weighted by Crippen LogP contribution is -2.47. The molecule has 1 aromatic carbocycles. The Hall–Kier alpha value is -4.34. The molecular weight excluding hydrogens is 469 g/mol. The van der Waals surface area contributed by atoms with Crippen molar-refractivity contribution in [1.82, 2.24) is 34.3 Å². The van der Waals surface area contributed by atoms with Crippen LogP contribution >= 0.6 is 0 Å². The van der Waals surface area contributed by atoms with E-state index in [0.29, 0.717) is 0 Å². The number of aromatic nitrogens is 7. The predicted molar refractivity (Wildman–Crippen MR) is 140 cm³/mol. The molecule has 1 saturated heterocycles. The average Bonchev–Trinajstić information content (AvgIpc) is 3.55. The van der Waals surface area contributed by atoms with Gasteiger partial charge in [-0.05, 0) is 41.8 Å².